The van der Waals surface area contributed by atoms with Gasteiger partial charge in [0.2, 0.25) is 41.4 Å². The first-order chi connectivity index (χ1) is 32.9. The van der Waals surface area contributed by atoms with Crippen molar-refractivity contribution in [2.45, 2.75) is 116 Å². The van der Waals surface area contributed by atoms with Crippen LogP contribution in [0.25, 0.3) is 0 Å². The van der Waals surface area contributed by atoms with Crippen molar-refractivity contribution >= 4 is 58.6 Å². The van der Waals surface area contributed by atoms with E-state index in [-0.39, 0.29) is 54.9 Å². The average Bonchev–Trinajstić information content (AvgIpc) is 3.82. The molecule has 1 aliphatic heterocycles. The molecule has 0 aromatic heterocycles. The second kappa shape index (κ2) is 24.7. The van der Waals surface area contributed by atoms with Crippen LogP contribution in [0.15, 0.2) is 66.7 Å². The minimum absolute atomic E-state index is 0.00291. The van der Waals surface area contributed by atoms with Crippen LogP contribution < -0.4 is 43.0 Å². The zero-order valence-electron chi connectivity index (χ0n) is 39.8. The fourth-order valence-electron chi connectivity index (χ4n) is 8.28. The topological polar surface area (TPSA) is 287 Å². The third-order valence-electron chi connectivity index (χ3n) is 11.9. The number of nitrogens with two attached hydrogens (primary N) is 1. The molecular weight excluding hydrogens is 887 g/mol. The zero-order valence-corrected chi connectivity index (χ0v) is 39.8. The van der Waals surface area contributed by atoms with Crippen LogP contribution in [0.4, 0.5) is 5.69 Å². The van der Waals surface area contributed by atoms with Crippen molar-refractivity contribution < 1.29 is 48.3 Å². The van der Waals surface area contributed by atoms with Gasteiger partial charge in [0, 0.05) is 48.4 Å². The molecule has 0 bridgehead atoms. The first-order valence-corrected chi connectivity index (χ1v) is 23.5. The monoisotopic (exact) mass is 951 g/mol. The van der Waals surface area contributed by atoms with Crippen LogP contribution in [0.2, 0.25) is 0 Å². The summed E-state index contributed by atoms with van der Waals surface area (Å²) in [4.78, 5) is 121. The average molecular weight is 952 g/mol. The summed E-state index contributed by atoms with van der Waals surface area (Å²) in [5.74, 6) is -4.56. The number of fused-ring (bicyclic) bond motifs is 2. The Morgan fingerprint density at radius 2 is 1.39 bits per heavy atom. The summed E-state index contributed by atoms with van der Waals surface area (Å²) in [7, 11) is 0. The Morgan fingerprint density at radius 1 is 0.725 bits per heavy atom. The Hall–Kier alpha value is -7.15. The van der Waals surface area contributed by atoms with Gasteiger partial charge in [0.05, 0.1) is 18.2 Å². The molecule has 0 spiro atoms. The number of amides is 7. The molecule has 10 N–H and O–H groups in total. The van der Waals surface area contributed by atoms with Crippen LogP contribution in [-0.4, -0.2) is 125 Å². The normalized spacial score (nSPS) is 16.2. The number of hydrogen-bond acceptors (Lipinski definition) is 12. The van der Waals surface area contributed by atoms with E-state index in [1.54, 1.807) is 61.5 Å². The van der Waals surface area contributed by atoms with E-state index in [0.717, 1.165) is 0 Å². The molecule has 1 fully saturated rings. The molecule has 19 nitrogen and oxygen atoms in total. The number of ketones is 2. The lowest BCUT2D eigenvalue weighted by Gasteiger charge is -2.29. The highest BCUT2D eigenvalue weighted by Crippen LogP contribution is 2.32. The zero-order chi connectivity index (χ0) is 50.4. The summed E-state index contributed by atoms with van der Waals surface area (Å²) in [6.45, 7) is 8.90. The molecule has 0 saturated carbocycles. The SMILES string of the molecule is CCC[C@H](NC(=O)[C@H](Cc1ccc(O)cc1)NC(=O)[C@H](C)NC(=O)[C@@H](C)N)C(=O)NCC(=O)N[C@@H](CC(C)C)C(=O)N1CCC[C@H]1C(=O)NCCCNc1cccc2c1C(=O)c1ccccc1C2=O. The number of likely N-dealkylation sites (tertiary alicyclic amines) is 1. The molecule has 1 aliphatic carbocycles. The number of phenols is 1. The number of nitrogens with one attached hydrogen (secondary N) is 7. The number of carbonyl (C=O) groups excluding carboxylic acids is 9. The predicted octanol–water partition coefficient (Wildman–Crippen LogP) is 1.59. The van der Waals surface area contributed by atoms with Gasteiger partial charge >= 0.3 is 0 Å². The summed E-state index contributed by atoms with van der Waals surface area (Å²) in [6, 6.07) is 11.8. The van der Waals surface area contributed by atoms with Gasteiger partial charge in [-0.1, -0.05) is 75.7 Å². The van der Waals surface area contributed by atoms with Gasteiger partial charge in [-0.25, -0.2) is 0 Å². The lowest BCUT2D eigenvalue weighted by molar-refractivity contribution is -0.141. The molecule has 1 heterocycles. The van der Waals surface area contributed by atoms with Gasteiger partial charge in [0.25, 0.3) is 0 Å². The quantitative estimate of drug-likeness (QED) is 0.0480. The van der Waals surface area contributed by atoms with Crippen molar-refractivity contribution in [1.82, 2.24) is 36.8 Å². The van der Waals surface area contributed by atoms with Gasteiger partial charge in [-0.3, -0.25) is 43.2 Å². The summed E-state index contributed by atoms with van der Waals surface area (Å²) in [5.41, 5.74) is 8.10. The number of rotatable bonds is 23. The van der Waals surface area contributed by atoms with Crippen LogP contribution in [0.1, 0.15) is 111 Å². The molecule has 1 saturated heterocycles. The fraction of sp³-hybridized carbons (Fsp3) is 0.460. The van der Waals surface area contributed by atoms with Crippen LogP contribution >= 0.6 is 0 Å². The van der Waals surface area contributed by atoms with Crippen molar-refractivity contribution in [2.24, 2.45) is 11.7 Å². The standard InChI is InChI=1S/C50H65N9O10/c1-6-12-37(57-48(67)38(26-31-18-20-32(60)21-19-31)58-46(65)30(5)55-45(64)29(4)51)47(66)54-27-41(61)56-39(25-28(2)3)50(69)59-24-10-17-40(59)49(68)53-23-11-22-52-36-16-9-15-35-42(36)44(63)34-14-8-7-13-33(34)43(35)62/h7-9,13-16,18-21,28-30,37-40,52,60H,6,10-12,17,22-27,51H2,1-5H3,(H,53,68)(H,54,66)(H,55,64)(H,56,61)(H,57,67)(H,58,65)/t29-,30+,37+,38+,39+,40+/m1/s1. The van der Waals surface area contributed by atoms with E-state index >= 15 is 0 Å². The lowest BCUT2D eigenvalue weighted by Crippen LogP contribution is -2.58. The molecule has 19 heteroatoms. The van der Waals surface area contributed by atoms with Gasteiger partial charge in [0.15, 0.2) is 11.6 Å². The second-order valence-corrected chi connectivity index (χ2v) is 18.0. The molecule has 3 aromatic rings. The van der Waals surface area contributed by atoms with E-state index in [2.05, 4.69) is 37.2 Å². The first-order valence-electron chi connectivity index (χ1n) is 23.5. The smallest absolute Gasteiger partial charge is 0.245 e. The number of carbonyl (C=O) groups is 9. The number of nitrogens with zero attached hydrogens (tertiary/aromatic N) is 1. The maximum absolute atomic E-state index is 14.0. The van der Waals surface area contributed by atoms with Crippen molar-refractivity contribution in [3.05, 3.63) is 94.5 Å². The number of aromatic hydroxyl groups is 1. The van der Waals surface area contributed by atoms with Gasteiger partial charge in [0.1, 0.15) is 36.0 Å². The highest BCUT2D eigenvalue weighted by molar-refractivity contribution is 6.30. The van der Waals surface area contributed by atoms with E-state index < -0.39 is 78.2 Å². The van der Waals surface area contributed by atoms with Crippen molar-refractivity contribution in [3.63, 3.8) is 0 Å². The molecule has 7 amide bonds. The predicted molar refractivity (Wildman–Crippen MR) is 257 cm³/mol. The molecule has 0 unspecified atom stereocenters. The highest BCUT2D eigenvalue weighted by Gasteiger charge is 2.38. The van der Waals surface area contributed by atoms with Gasteiger partial charge in [-0.15, -0.1) is 0 Å². The lowest BCUT2D eigenvalue weighted by atomic mass is 9.83. The van der Waals surface area contributed by atoms with E-state index in [4.69, 9.17) is 5.73 Å². The maximum atomic E-state index is 14.0. The molecular formula is C50H65N9O10. The Balaban J connectivity index is 1.14. The molecule has 3 aromatic carbocycles. The van der Waals surface area contributed by atoms with Crippen LogP contribution in [0.3, 0.4) is 0 Å². The van der Waals surface area contributed by atoms with E-state index in [0.29, 0.717) is 72.3 Å². The Labute approximate surface area is 401 Å². The second-order valence-electron chi connectivity index (χ2n) is 18.0. The van der Waals surface area contributed by atoms with Gasteiger partial charge in [-0.2, -0.15) is 0 Å². The third kappa shape index (κ3) is 14.2. The Kier molecular flexibility index (Phi) is 18.9. The fourth-order valence-corrected chi connectivity index (χ4v) is 8.28. The van der Waals surface area contributed by atoms with E-state index in [9.17, 15) is 48.3 Å². The Bertz CT molecular complexity index is 2390. The van der Waals surface area contributed by atoms with E-state index in [1.165, 1.54) is 30.9 Å². The molecule has 0 radical (unpaired) electrons. The van der Waals surface area contributed by atoms with E-state index in [1.807, 2.05) is 13.8 Å². The van der Waals surface area contributed by atoms with Gasteiger partial charge < -0.3 is 53.0 Å². The molecule has 69 heavy (non-hydrogen) atoms. The summed E-state index contributed by atoms with van der Waals surface area (Å²) in [5, 5.41) is 29.0. The summed E-state index contributed by atoms with van der Waals surface area (Å²) < 4.78 is 0. The van der Waals surface area contributed by atoms with Gasteiger partial charge in [-0.05, 0) is 75.6 Å². The van der Waals surface area contributed by atoms with Crippen LogP contribution in [-0.2, 0) is 40.0 Å². The number of phenolic OH excluding ortho intramolecular Hbond substituents is 1. The van der Waals surface area contributed by atoms with Crippen molar-refractivity contribution in [1.29, 1.82) is 0 Å². The minimum Gasteiger partial charge on any atom is -0.508 e. The molecule has 5 rings (SSSR count). The number of anilines is 1. The summed E-state index contributed by atoms with van der Waals surface area (Å²) >= 11 is 0. The minimum atomic E-state index is -1.21. The van der Waals surface area contributed by atoms with Crippen LogP contribution in [0, 0.1) is 5.92 Å². The van der Waals surface area contributed by atoms with Crippen molar-refractivity contribution in [3.8, 4) is 5.75 Å². The highest BCUT2D eigenvalue weighted by atomic mass is 16.3. The number of hydrogen-bond donors (Lipinski definition) is 9. The maximum Gasteiger partial charge on any atom is 0.245 e. The summed E-state index contributed by atoms with van der Waals surface area (Å²) in [6.07, 6.45) is 2.34. The van der Waals surface area contributed by atoms with Crippen LogP contribution in [0.5, 0.6) is 5.75 Å². The third-order valence-corrected chi connectivity index (χ3v) is 11.9. The number of benzene rings is 3. The Morgan fingerprint density at radius 3 is 2.06 bits per heavy atom. The largest absolute Gasteiger partial charge is 0.508 e. The molecule has 370 valence electrons. The molecule has 6 atom stereocenters. The van der Waals surface area contributed by atoms with Crippen molar-refractivity contribution in [2.75, 3.05) is 31.5 Å². The molecule has 2 aliphatic rings. The first kappa shape index (κ1) is 52.8.